The summed E-state index contributed by atoms with van der Waals surface area (Å²) in [7, 11) is -3.37. The molecule has 1 aromatic rings. The van der Waals surface area contributed by atoms with E-state index in [0.717, 1.165) is 0 Å². The molecule has 0 saturated carbocycles. The van der Waals surface area contributed by atoms with Gasteiger partial charge in [-0.3, -0.25) is 14.2 Å². The number of hydroxylamine groups is 2. The lowest BCUT2D eigenvalue weighted by molar-refractivity contribution is -0.0156. The van der Waals surface area contributed by atoms with E-state index in [1.807, 2.05) is 0 Å². The number of rotatable bonds is 2. The van der Waals surface area contributed by atoms with Crippen LogP contribution in [0.3, 0.4) is 0 Å². The molecule has 1 aliphatic rings. The van der Waals surface area contributed by atoms with Crippen LogP contribution in [0.1, 0.15) is 20.7 Å². The maximum Gasteiger partial charge on any atom is 0.338 e. The Kier molecular flexibility index (Phi) is 2.40. The highest BCUT2D eigenvalue weighted by atomic mass is 31.1. The molecule has 0 saturated heterocycles. The largest absolute Gasteiger partial charge is 0.338 e. The standard InChI is InChI=1S/C8H6NO5P/c10-7-5-3-1-2-4-6(5)8(11)9(7)14-15(12)13/h1-4,15H,(H,12,13). The van der Waals surface area contributed by atoms with Crippen LogP contribution in [0.25, 0.3) is 0 Å². The summed E-state index contributed by atoms with van der Waals surface area (Å²) < 4.78 is 14.7. The van der Waals surface area contributed by atoms with E-state index in [4.69, 9.17) is 4.89 Å². The lowest BCUT2D eigenvalue weighted by Crippen LogP contribution is -2.27. The van der Waals surface area contributed by atoms with Crippen LogP contribution in [-0.2, 0) is 9.19 Å². The van der Waals surface area contributed by atoms with Crippen molar-refractivity contribution in [3.8, 4) is 0 Å². The molecule has 1 atom stereocenters. The van der Waals surface area contributed by atoms with Crippen molar-refractivity contribution in [2.75, 3.05) is 0 Å². The van der Waals surface area contributed by atoms with Gasteiger partial charge in [-0.25, -0.2) is 0 Å². The quantitative estimate of drug-likeness (QED) is 0.590. The van der Waals surface area contributed by atoms with Crippen molar-refractivity contribution in [1.29, 1.82) is 0 Å². The number of amides is 2. The zero-order chi connectivity index (χ0) is 11.0. The Morgan fingerprint density at radius 2 is 1.60 bits per heavy atom. The SMILES string of the molecule is O=C1c2ccccc2C(=O)N1O[PH](=O)O. The second-order valence-corrected chi connectivity index (χ2v) is 3.52. The molecular formula is C8H6NO5P. The number of imide groups is 1. The molecule has 1 unspecified atom stereocenters. The van der Waals surface area contributed by atoms with E-state index in [2.05, 4.69) is 4.62 Å². The van der Waals surface area contributed by atoms with Gasteiger partial charge in [-0.1, -0.05) is 12.1 Å². The van der Waals surface area contributed by atoms with Gasteiger partial charge in [-0.2, -0.15) is 4.62 Å². The number of carbonyl (C=O) groups is 2. The maximum atomic E-state index is 11.5. The summed E-state index contributed by atoms with van der Waals surface area (Å²) in [6.45, 7) is 0. The van der Waals surface area contributed by atoms with Gasteiger partial charge in [-0.15, -0.1) is 5.06 Å². The molecule has 0 fully saturated rings. The molecule has 1 aromatic carbocycles. The summed E-state index contributed by atoms with van der Waals surface area (Å²) in [5.74, 6) is -1.44. The van der Waals surface area contributed by atoms with E-state index in [1.165, 1.54) is 12.1 Å². The minimum Gasteiger partial charge on any atom is -0.325 e. The molecule has 2 rings (SSSR count). The molecule has 0 spiro atoms. The molecular weight excluding hydrogens is 221 g/mol. The van der Waals surface area contributed by atoms with Crippen molar-refractivity contribution in [2.24, 2.45) is 0 Å². The van der Waals surface area contributed by atoms with Crippen molar-refractivity contribution in [1.82, 2.24) is 5.06 Å². The van der Waals surface area contributed by atoms with Crippen LogP contribution in [0.5, 0.6) is 0 Å². The molecule has 0 aromatic heterocycles. The average molecular weight is 227 g/mol. The van der Waals surface area contributed by atoms with Gasteiger partial charge in [0.2, 0.25) is 0 Å². The molecule has 2 amide bonds. The van der Waals surface area contributed by atoms with Crippen LogP contribution in [0.2, 0.25) is 0 Å². The molecule has 15 heavy (non-hydrogen) atoms. The molecule has 1 N–H and O–H groups in total. The zero-order valence-corrected chi connectivity index (χ0v) is 8.34. The van der Waals surface area contributed by atoms with Crippen LogP contribution in [0, 0.1) is 0 Å². The van der Waals surface area contributed by atoms with E-state index in [9.17, 15) is 14.2 Å². The van der Waals surface area contributed by atoms with Crippen molar-refractivity contribution >= 4 is 20.1 Å². The minimum absolute atomic E-state index is 0.172. The van der Waals surface area contributed by atoms with Gasteiger partial charge in [0.25, 0.3) is 11.8 Å². The lowest BCUT2D eigenvalue weighted by Gasteiger charge is -2.09. The predicted molar refractivity (Wildman–Crippen MR) is 49.2 cm³/mol. The highest BCUT2D eigenvalue weighted by Crippen LogP contribution is 2.28. The minimum atomic E-state index is -3.37. The van der Waals surface area contributed by atoms with Crippen LogP contribution in [0.15, 0.2) is 24.3 Å². The molecule has 0 radical (unpaired) electrons. The Morgan fingerprint density at radius 3 is 2.00 bits per heavy atom. The first kappa shape index (κ1) is 10.0. The van der Waals surface area contributed by atoms with Crippen LogP contribution in [0.4, 0.5) is 0 Å². The monoisotopic (exact) mass is 227 g/mol. The predicted octanol–water partition coefficient (Wildman–Crippen LogP) is 0.596. The Bertz CT molecular complexity index is 437. The number of hydrogen-bond acceptors (Lipinski definition) is 4. The van der Waals surface area contributed by atoms with Gasteiger partial charge >= 0.3 is 8.25 Å². The fourth-order valence-electron chi connectivity index (χ4n) is 1.33. The average Bonchev–Trinajstić information content (AvgIpc) is 2.44. The van der Waals surface area contributed by atoms with E-state index >= 15 is 0 Å². The Labute approximate surface area is 85.0 Å². The van der Waals surface area contributed by atoms with Gasteiger partial charge in [0.15, 0.2) is 0 Å². The second-order valence-electron chi connectivity index (χ2n) is 2.81. The number of fused-ring (bicyclic) bond motifs is 1. The molecule has 7 heteroatoms. The molecule has 1 heterocycles. The summed E-state index contributed by atoms with van der Waals surface area (Å²) in [6, 6.07) is 6.09. The molecule has 0 bridgehead atoms. The summed E-state index contributed by atoms with van der Waals surface area (Å²) in [6.07, 6.45) is 0. The summed E-state index contributed by atoms with van der Waals surface area (Å²) in [4.78, 5) is 31.5. The van der Waals surface area contributed by atoms with E-state index in [-0.39, 0.29) is 11.1 Å². The van der Waals surface area contributed by atoms with Crippen LogP contribution < -0.4 is 0 Å². The van der Waals surface area contributed by atoms with Gasteiger partial charge in [0.1, 0.15) is 0 Å². The van der Waals surface area contributed by atoms with Crippen LogP contribution in [-0.4, -0.2) is 21.8 Å². The molecule has 0 aliphatic carbocycles. The lowest BCUT2D eigenvalue weighted by atomic mass is 10.1. The first-order chi connectivity index (χ1) is 7.11. The van der Waals surface area contributed by atoms with E-state index in [1.54, 1.807) is 12.1 Å². The summed E-state index contributed by atoms with van der Waals surface area (Å²) in [5, 5.41) is 0.311. The fraction of sp³-hybridized carbons (Fsp3) is 0. The van der Waals surface area contributed by atoms with Crippen molar-refractivity contribution in [3.05, 3.63) is 35.4 Å². The molecule has 78 valence electrons. The smallest absolute Gasteiger partial charge is 0.325 e. The number of nitrogens with zero attached hydrogens (tertiary/aromatic N) is 1. The Balaban J connectivity index is 2.41. The molecule has 6 nitrogen and oxygen atoms in total. The number of carbonyl (C=O) groups excluding carboxylic acids is 2. The fourth-order valence-corrected chi connectivity index (χ4v) is 1.65. The van der Waals surface area contributed by atoms with Crippen molar-refractivity contribution in [2.45, 2.75) is 0 Å². The normalized spacial score (nSPS) is 16.7. The topological polar surface area (TPSA) is 83.9 Å². The maximum absolute atomic E-state index is 11.5. The van der Waals surface area contributed by atoms with Gasteiger partial charge < -0.3 is 4.89 Å². The van der Waals surface area contributed by atoms with Crippen LogP contribution >= 0.6 is 8.25 Å². The summed E-state index contributed by atoms with van der Waals surface area (Å²) >= 11 is 0. The van der Waals surface area contributed by atoms with E-state index < -0.39 is 20.1 Å². The van der Waals surface area contributed by atoms with Gasteiger partial charge in [0, 0.05) is 0 Å². The van der Waals surface area contributed by atoms with Crippen molar-refractivity contribution < 1.29 is 23.7 Å². The Morgan fingerprint density at radius 1 is 1.13 bits per heavy atom. The van der Waals surface area contributed by atoms with E-state index in [0.29, 0.717) is 5.06 Å². The van der Waals surface area contributed by atoms with Gasteiger partial charge in [0.05, 0.1) is 11.1 Å². The summed E-state index contributed by atoms with van der Waals surface area (Å²) in [5.41, 5.74) is 0.344. The highest BCUT2D eigenvalue weighted by molar-refractivity contribution is 7.32. The highest BCUT2D eigenvalue weighted by Gasteiger charge is 2.37. The molecule has 1 aliphatic heterocycles. The van der Waals surface area contributed by atoms with Crippen molar-refractivity contribution in [3.63, 3.8) is 0 Å². The van der Waals surface area contributed by atoms with Gasteiger partial charge in [-0.05, 0) is 12.1 Å². The first-order valence-electron chi connectivity index (χ1n) is 4.00. The number of benzene rings is 1. The third-order valence-electron chi connectivity index (χ3n) is 1.93. The first-order valence-corrected chi connectivity index (χ1v) is 5.26. The third kappa shape index (κ3) is 1.59. The Hall–Kier alpha value is -1.49. The number of hydrogen-bond donors (Lipinski definition) is 1. The second kappa shape index (κ2) is 3.58. The third-order valence-corrected chi connectivity index (χ3v) is 2.26. The zero-order valence-electron chi connectivity index (χ0n) is 7.34.